The molecule has 1 heteroatoms. The quantitative estimate of drug-likeness (QED) is 0.541. The molecular formula is C23H18O. The van der Waals surface area contributed by atoms with Gasteiger partial charge in [0.15, 0.2) is 0 Å². The Hall–Kier alpha value is -2.64. The van der Waals surface area contributed by atoms with Crippen molar-refractivity contribution in [2.45, 2.75) is 18.9 Å². The van der Waals surface area contributed by atoms with Crippen LogP contribution in [0.5, 0.6) is 0 Å². The minimum atomic E-state index is -0.610. The van der Waals surface area contributed by atoms with Crippen molar-refractivity contribution >= 4 is 21.5 Å². The lowest BCUT2D eigenvalue weighted by atomic mass is 9.91. The highest BCUT2D eigenvalue weighted by atomic mass is 16.3. The third-order valence-electron chi connectivity index (χ3n) is 5.32. The van der Waals surface area contributed by atoms with E-state index in [-0.39, 0.29) is 0 Å². The van der Waals surface area contributed by atoms with E-state index in [1.165, 1.54) is 27.3 Å². The lowest BCUT2D eigenvalue weighted by Crippen LogP contribution is -2.02. The predicted molar refractivity (Wildman–Crippen MR) is 99.4 cm³/mol. The summed E-state index contributed by atoms with van der Waals surface area (Å²) >= 11 is 0. The number of hydrogen-bond donors (Lipinski definition) is 1. The minimum absolute atomic E-state index is 0.610. The van der Waals surface area contributed by atoms with Gasteiger partial charge in [-0.3, -0.25) is 0 Å². The summed E-state index contributed by atoms with van der Waals surface area (Å²) in [5.74, 6) is 0. The molecule has 4 aromatic carbocycles. The number of hydrogen-bond acceptors (Lipinski definition) is 1. The van der Waals surface area contributed by atoms with Crippen LogP contribution in [0.25, 0.3) is 21.5 Å². The zero-order chi connectivity index (χ0) is 16.1. The highest BCUT2D eigenvalue weighted by Crippen LogP contribution is 2.38. The van der Waals surface area contributed by atoms with Crippen LogP contribution >= 0.6 is 0 Å². The first kappa shape index (κ1) is 13.8. The van der Waals surface area contributed by atoms with Crippen molar-refractivity contribution in [3.05, 3.63) is 95.1 Å². The average molecular weight is 310 g/mol. The molecule has 0 fully saturated rings. The standard InChI is InChI=1S/C23H18O/c24-23(20-10-3-6-15-5-1-2-8-18(15)20)21-14-13-17-12-11-16-7-4-9-19(21)22(16)17/h1-10,13-14,23-24H,11-12H2/t23-/m1/s1. The molecule has 24 heavy (non-hydrogen) atoms. The van der Waals surface area contributed by atoms with Gasteiger partial charge in [-0.05, 0) is 56.6 Å². The van der Waals surface area contributed by atoms with Gasteiger partial charge in [0.25, 0.3) is 0 Å². The predicted octanol–water partition coefficient (Wildman–Crippen LogP) is 5.17. The molecule has 116 valence electrons. The summed E-state index contributed by atoms with van der Waals surface area (Å²) in [5.41, 5.74) is 4.81. The molecule has 0 spiro atoms. The van der Waals surface area contributed by atoms with Crippen molar-refractivity contribution in [3.8, 4) is 0 Å². The van der Waals surface area contributed by atoms with Crippen molar-refractivity contribution in [2.24, 2.45) is 0 Å². The molecule has 0 saturated carbocycles. The van der Waals surface area contributed by atoms with Gasteiger partial charge in [-0.2, -0.15) is 0 Å². The summed E-state index contributed by atoms with van der Waals surface area (Å²) in [6.07, 6.45) is 1.61. The van der Waals surface area contributed by atoms with Gasteiger partial charge >= 0.3 is 0 Å². The van der Waals surface area contributed by atoms with Gasteiger partial charge in [0.1, 0.15) is 6.10 Å². The van der Waals surface area contributed by atoms with E-state index < -0.39 is 6.10 Å². The second kappa shape index (κ2) is 5.19. The van der Waals surface area contributed by atoms with Gasteiger partial charge < -0.3 is 5.11 Å². The van der Waals surface area contributed by atoms with Crippen LogP contribution in [0.1, 0.15) is 28.4 Å². The second-order valence-electron chi connectivity index (χ2n) is 6.62. The highest BCUT2D eigenvalue weighted by Gasteiger charge is 2.20. The third-order valence-corrected chi connectivity index (χ3v) is 5.32. The van der Waals surface area contributed by atoms with Crippen molar-refractivity contribution < 1.29 is 5.11 Å². The van der Waals surface area contributed by atoms with E-state index in [0.717, 1.165) is 29.4 Å². The van der Waals surface area contributed by atoms with Gasteiger partial charge in [0.05, 0.1) is 0 Å². The first-order valence-electron chi connectivity index (χ1n) is 8.52. The van der Waals surface area contributed by atoms with Crippen molar-refractivity contribution in [1.82, 2.24) is 0 Å². The van der Waals surface area contributed by atoms with Crippen LogP contribution in [0, 0.1) is 0 Å². The SMILES string of the molecule is O[C@H](c1cccc2ccccc12)c1ccc2c3c(cccc13)CC2. The molecule has 0 amide bonds. The summed E-state index contributed by atoms with van der Waals surface area (Å²) < 4.78 is 0. The molecule has 5 rings (SSSR count). The Balaban J connectivity index is 1.76. The van der Waals surface area contributed by atoms with E-state index in [4.69, 9.17) is 0 Å². The van der Waals surface area contributed by atoms with Crippen LogP contribution in [-0.2, 0) is 12.8 Å². The molecule has 0 unspecified atom stereocenters. The van der Waals surface area contributed by atoms with E-state index in [1.807, 2.05) is 24.3 Å². The Labute approximate surface area is 141 Å². The second-order valence-corrected chi connectivity index (χ2v) is 6.62. The highest BCUT2D eigenvalue weighted by molar-refractivity contribution is 5.94. The fourth-order valence-corrected chi connectivity index (χ4v) is 4.16. The molecule has 1 N–H and O–H groups in total. The molecule has 0 saturated heterocycles. The Morgan fingerprint density at radius 3 is 2.21 bits per heavy atom. The zero-order valence-electron chi connectivity index (χ0n) is 13.4. The Kier molecular flexibility index (Phi) is 2.97. The maximum atomic E-state index is 11.2. The smallest absolute Gasteiger partial charge is 0.105 e. The zero-order valence-corrected chi connectivity index (χ0v) is 13.4. The van der Waals surface area contributed by atoms with E-state index in [1.54, 1.807) is 0 Å². The van der Waals surface area contributed by atoms with Gasteiger partial charge in [-0.25, -0.2) is 0 Å². The number of aliphatic hydroxyl groups excluding tert-OH is 1. The Bertz CT molecular complexity index is 1060. The normalized spacial score (nSPS) is 14.4. The summed E-state index contributed by atoms with van der Waals surface area (Å²) in [6, 6.07) is 25.2. The first-order valence-corrected chi connectivity index (χ1v) is 8.52. The van der Waals surface area contributed by atoms with Crippen molar-refractivity contribution in [2.75, 3.05) is 0 Å². The molecule has 1 aliphatic rings. The topological polar surface area (TPSA) is 20.2 Å². The minimum Gasteiger partial charge on any atom is -0.384 e. The molecule has 1 nitrogen and oxygen atoms in total. The monoisotopic (exact) mass is 310 g/mol. The number of fused-ring (bicyclic) bond motifs is 1. The van der Waals surface area contributed by atoms with E-state index in [9.17, 15) is 5.11 Å². The Morgan fingerprint density at radius 1 is 0.625 bits per heavy atom. The molecule has 4 aromatic rings. The number of aryl methyl sites for hydroxylation is 2. The van der Waals surface area contributed by atoms with E-state index >= 15 is 0 Å². The lowest BCUT2D eigenvalue weighted by Gasteiger charge is -2.17. The lowest BCUT2D eigenvalue weighted by molar-refractivity contribution is 0.223. The number of rotatable bonds is 2. The fourth-order valence-electron chi connectivity index (χ4n) is 4.16. The molecule has 0 bridgehead atoms. The maximum Gasteiger partial charge on any atom is 0.105 e. The van der Waals surface area contributed by atoms with Gasteiger partial charge in [-0.1, -0.05) is 72.8 Å². The largest absolute Gasteiger partial charge is 0.384 e. The first-order chi connectivity index (χ1) is 11.8. The maximum absolute atomic E-state index is 11.2. The molecular weight excluding hydrogens is 292 g/mol. The summed E-state index contributed by atoms with van der Waals surface area (Å²) in [5, 5.41) is 16.0. The Morgan fingerprint density at radius 2 is 1.29 bits per heavy atom. The molecule has 1 aliphatic carbocycles. The third kappa shape index (κ3) is 1.92. The van der Waals surface area contributed by atoms with Gasteiger partial charge in [0.2, 0.25) is 0 Å². The fraction of sp³-hybridized carbons (Fsp3) is 0.130. The number of benzene rings is 4. The van der Waals surface area contributed by atoms with Crippen LogP contribution in [-0.4, -0.2) is 5.11 Å². The molecule has 0 heterocycles. The van der Waals surface area contributed by atoms with Crippen LogP contribution in [0.4, 0.5) is 0 Å². The molecule has 1 atom stereocenters. The van der Waals surface area contributed by atoms with Crippen LogP contribution in [0.3, 0.4) is 0 Å². The van der Waals surface area contributed by atoms with Crippen LogP contribution < -0.4 is 0 Å². The molecule has 0 aromatic heterocycles. The number of aliphatic hydroxyl groups is 1. The van der Waals surface area contributed by atoms with Crippen LogP contribution in [0.2, 0.25) is 0 Å². The summed E-state index contributed by atoms with van der Waals surface area (Å²) in [4.78, 5) is 0. The van der Waals surface area contributed by atoms with Crippen molar-refractivity contribution in [3.63, 3.8) is 0 Å². The molecule has 0 radical (unpaired) electrons. The van der Waals surface area contributed by atoms with E-state index in [2.05, 4.69) is 48.5 Å². The van der Waals surface area contributed by atoms with Gasteiger partial charge in [0, 0.05) is 0 Å². The molecule has 0 aliphatic heterocycles. The van der Waals surface area contributed by atoms with E-state index in [0.29, 0.717) is 0 Å². The average Bonchev–Trinajstić information content (AvgIpc) is 3.06. The van der Waals surface area contributed by atoms with Crippen molar-refractivity contribution in [1.29, 1.82) is 0 Å². The van der Waals surface area contributed by atoms with Gasteiger partial charge in [-0.15, -0.1) is 0 Å². The summed E-state index contributed by atoms with van der Waals surface area (Å²) in [7, 11) is 0. The summed E-state index contributed by atoms with van der Waals surface area (Å²) in [6.45, 7) is 0. The van der Waals surface area contributed by atoms with Crippen LogP contribution in [0.15, 0.2) is 72.8 Å².